The van der Waals surface area contributed by atoms with Gasteiger partial charge in [0.25, 0.3) is 10.0 Å². The first-order valence-electron chi connectivity index (χ1n) is 10.4. The lowest BCUT2D eigenvalue weighted by molar-refractivity contribution is -0.120. The molecule has 0 saturated carbocycles. The molecule has 2 aromatic carbocycles. The predicted octanol–water partition coefficient (Wildman–Crippen LogP) is 3.15. The van der Waals surface area contributed by atoms with Crippen molar-refractivity contribution in [2.75, 3.05) is 19.1 Å². The number of likely N-dealkylation sites (N-methyl/N-ethyl adjacent to an activating group) is 1. The average molecular weight is 487 g/mol. The van der Waals surface area contributed by atoms with Crippen molar-refractivity contribution in [1.29, 1.82) is 0 Å². The van der Waals surface area contributed by atoms with Crippen LogP contribution in [0.1, 0.15) is 14.0 Å². The van der Waals surface area contributed by atoms with Gasteiger partial charge in [-0.05, 0) is 60.5 Å². The maximum absolute atomic E-state index is 13.3. The van der Waals surface area contributed by atoms with Crippen LogP contribution in [0.4, 0.5) is 10.5 Å². The van der Waals surface area contributed by atoms with Gasteiger partial charge in [-0.1, -0.05) is 18.2 Å². The van der Waals surface area contributed by atoms with E-state index in [1.54, 1.807) is 88.1 Å². The van der Waals surface area contributed by atoms with Gasteiger partial charge in [-0.2, -0.15) is 0 Å². The number of hydrogen-bond donors (Lipinski definition) is 2. The number of anilines is 1. The Bertz CT molecular complexity index is 1260. The maximum Gasteiger partial charge on any atom is 0.329 e. The summed E-state index contributed by atoms with van der Waals surface area (Å²) in [6.45, 7) is 1.63. The fourth-order valence-electron chi connectivity index (χ4n) is 3.34. The zero-order valence-electron chi connectivity index (χ0n) is 19.1. The molecule has 2 N–H and O–H groups in total. The maximum atomic E-state index is 13.3. The van der Waals surface area contributed by atoms with Crippen LogP contribution in [-0.2, 0) is 21.2 Å². The zero-order valence-corrected chi connectivity index (χ0v) is 19.9. The molecule has 1 atom stereocenters. The highest BCUT2D eigenvalue weighted by atomic mass is 32.2. The summed E-state index contributed by atoms with van der Waals surface area (Å²) >= 11 is 0. The number of rotatable bonds is 8. The molecule has 0 saturated heterocycles. The lowest BCUT2D eigenvalue weighted by atomic mass is 10.1. The molecule has 10 heteroatoms. The Kier molecular flexibility index (Phi) is 7.85. The van der Waals surface area contributed by atoms with Gasteiger partial charge < -0.3 is 15.0 Å². The number of hydrogen-bond acceptors (Lipinski definition) is 6. The van der Waals surface area contributed by atoms with E-state index in [2.05, 4.69) is 10.3 Å². The molecule has 1 aromatic heterocycles. The van der Waals surface area contributed by atoms with Crippen LogP contribution in [-0.4, -0.2) is 45.5 Å². The molecule has 3 rings (SSSR count). The summed E-state index contributed by atoms with van der Waals surface area (Å²) in [6, 6.07) is 14.6. The summed E-state index contributed by atoms with van der Waals surface area (Å²) < 4.78 is 32.6. The van der Waals surface area contributed by atoms with Gasteiger partial charge in [0.1, 0.15) is 11.8 Å². The van der Waals surface area contributed by atoms with Gasteiger partial charge in [0.15, 0.2) is 0 Å². The molecule has 0 unspecified atom stereocenters. The van der Waals surface area contributed by atoms with Gasteiger partial charge >= 0.3 is 6.03 Å². The third-order valence-electron chi connectivity index (χ3n) is 5.19. The van der Waals surface area contributed by atoms with Crippen molar-refractivity contribution in [3.8, 4) is 5.75 Å². The molecule has 1 heterocycles. The van der Waals surface area contributed by atoms with E-state index in [1.807, 2.05) is 4.72 Å². The molecule has 0 aliphatic carbocycles. The minimum atomic E-state index is -4.13. The second-order valence-electron chi connectivity index (χ2n) is 7.55. The topological polar surface area (TPSA) is 118 Å². The van der Waals surface area contributed by atoms with Crippen LogP contribution in [0.15, 0.2) is 78.0 Å². The minimum absolute atomic E-state index is 0. The molecule has 0 fully saturated rings. The number of aromatic nitrogens is 1. The van der Waals surface area contributed by atoms with Crippen molar-refractivity contribution in [2.45, 2.75) is 24.3 Å². The second kappa shape index (κ2) is 10.8. The number of carbonyl (C=O) groups excluding carboxylic acids is 2. The van der Waals surface area contributed by atoms with Crippen LogP contribution in [0, 0.1) is 6.92 Å². The van der Waals surface area contributed by atoms with Gasteiger partial charge in [-0.25, -0.2) is 17.9 Å². The number of aryl methyl sites for hydroxylation is 1. The predicted molar refractivity (Wildman–Crippen MR) is 132 cm³/mol. The van der Waals surface area contributed by atoms with Gasteiger partial charge in [-0.15, -0.1) is 0 Å². The molecule has 3 aromatic rings. The van der Waals surface area contributed by atoms with Crippen LogP contribution in [0.5, 0.6) is 5.75 Å². The minimum Gasteiger partial charge on any atom is -0.497 e. The van der Waals surface area contributed by atoms with Crippen molar-refractivity contribution in [1.82, 2.24) is 15.0 Å². The molecule has 34 heavy (non-hydrogen) atoms. The highest BCUT2D eigenvalue weighted by molar-refractivity contribution is 7.90. The van der Waals surface area contributed by atoms with Crippen molar-refractivity contribution in [3.05, 3.63) is 84.2 Å². The molecule has 0 spiro atoms. The first-order chi connectivity index (χ1) is 16.2. The molecule has 9 nitrogen and oxygen atoms in total. The number of nitrogens with zero attached hydrogens (tertiary/aromatic N) is 2. The normalized spacial score (nSPS) is 11.9. The summed E-state index contributed by atoms with van der Waals surface area (Å²) in [5.74, 6) is 0.210. The fraction of sp³-hybridized carbons (Fsp3) is 0.208. The summed E-state index contributed by atoms with van der Waals surface area (Å²) in [4.78, 5) is 31.3. The number of amides is 3. The highest BCUT2D eigenvalue weighted by Gasteiger charge is 2.27. The Morgan fingerprint density at radius 2 is 1.71 bits per heavy atom. The third-order valence-corrected chi connectivity index (χ3v) is 6.68. The Hall–Kier alpha value is -3.92. The Labute approximate surface area is 201 Å². The van der Waals surface area contributed by atoms with Crippen LogP contribution in [0.25, 0.3) is 0 Å². The molecule has 0 aliphatic rings. The molecule has 0 radical (unpaired) electrons. The van der Waals surface area contributed by atoms with E-state index in [9.17, 15) is 18.0 Å². The van der Waals surface area contributed by atoms with E-state index in [-0.39, 0.29) is 14.2 Å². The highest BCUT2D eigenvalue weighted by Crippen LogP contribution is 2.19. The first-order valence-corrected chi connectivity index (χ1v) is 11.9. The lowest BCUT2D eigenvalue weighted by Gasteiger charge is -2.25. The van der Waals surface area contributed by atoms with Crippen molar-refractivity contribution < 1.29 is 25.6 Å². The molecule has 0 aliphatic heterocycles. The van der Waals surface area contributed by atoms with Gasteiger partial charge in [0, 0.05) is 34.4 Å². The Morgan fingerprint density at radius 3 is 2.32 bits per heavy atom. The van der Waals surface area contributed by atoms with E-state index in [1.165, 1.54) is 11.0 Å². The molecular formula is C24H30N4O5S. The van der Waals surface area contributed by atoms with Crippen LogP contribution < -0.4 is 19.7 Å². The third kappa shape index (κ3) is 6.10. The fourth-order valence-corrected chi connectivity index (χ4v) is 4.51. The van der Waals surface area contributed by atoms with E-state index in [0.29, 0.717) is 17.0 Å². The van der Waals surface area contributed by atoms with Crippen molar-refractivity contribution in [2.24, 2.45) is 0 Å². The summed E-state index contributed by atoms with van der Waals surface area (Å²) in [5, 5.41) is 2.52. The molecule has 182 valence electrons. The molecule has 0 bridgehead atoms. The summed E-state index contributed by atoms with van der Waals surface area (Å²) in [5.41, 5.74) is 1.82. The largest absolute Gasteiger partial charge is 0.497 e. The monoisotopic (exact) mass is 486 g/mol. The second-order valence-corrected chi connectivity index (χ2v) is 9.20. The lowest BCUT2D eigenvalue weighted by Crippen LogP contribution is -2.52. The van der Waals surface area contributed by atoms with Crippen molar-refractivity contribution in [3.63, 3.8) is 0 Å². The zero-order chi connectivity index (χ0) is 24.7. The van der Waals surface area contributed by atoms with Gasteiger partial charge in [0.2, 0.25) is 5.91 Å². The molecule has 3 amide bonds. The van der Waals surface area contributed by atoms with E-state index >= 15 is 0 Å². The average Bonchev–Trinajstić information content (AvgIpc) is 2.83. The number of sulfonamides is 1. The summed E-state index contributed by atoms with van der Waals surface area (Å²) in [7, 11) is -1.00. The number of nitrogens with one attached hydrogen (secondary N) is 2. The van der Waals surface area contributed by atoms with Crippen LogP contribution >= 0.6 is 0 Å². The van der Waals surface area contributed by atoms with E-state index in [0.717, 1.165) is 5.56 Å². The number of ether oxygens (including phenoxy) is 1. The first kappa shape index (κ1) is 24.7. The Morgan fingerprint density at radius 1 is 1.06 bits per heavy atom. The number of carbonyl (C=O) groups is 2. The van der Waals surface area contributed by atoms with Crippen LogP contribution in [0.2, 0.25) is 0 Å². The molecular weight excluding hydrogens is 456 g/mol. The number of benzene rings is 2. The number of urea groups is 1. The van der Waals surface area contributed by atoms with E-state index in [4.69, 9.17) is 4.74 Å². The quantitative estimate of drug-likeness (QED) is 0.505. The van der Waals surface area contributed by atoms with Crippen molar-refractivity contribution >= 4 is 27.6 Å². The Balaban J connectivity index is 0.00000324. The standard InChI is InChI=1S/C24H26N4O5S.2H2/c1-17-6-4-5-7-22(17)34(31,32)27-24(30)26-21(16-18-12-14-25-15-13-18)23(29)28(2)19-8-10-20(33-3)11-9-19;;/h4-15,21H,16H2,1-3H3,(H2,26,27,30);2*1H/t21-;;/m0../s1. The number of methoxy groups -OCH3 is 1. The SMILES string of the molecule is COc1ccc(N(C)C(=O)[C@H](Cc2ccncc2)NC(=O)NS(=O)(=O)c2ccccc2C)cc1.[HH].[HH]. The van der Waals surface area contributed by atoms with E-state index < -0.39 is 28.0 Å². The summed E-state index contributed by atoms with van der Waals surface area (Å²) in [6.07, 6.45) is 3.29. The van der Waals surface area contributed by atoms with Crippen LogP contribution in [0.3, 0.4) is 0 Å². The van der Waals surface area contributed by atoms with Gasteiger partial charge in [0.05, 0.1) is 12.0 Å². The number of pyridine rings is 1. The van der Waals surface area contributed by atoms with Gasteiger partial charge in [-0.3, -0.25) is 9.78 Å². The smallest absolute Gasteiger partial charge is 0.329 e.